The van der Waals surface area contributed by atoms with Crippen molar-refractivity contribution in [2.24, 2.45) is 11.8 Å². The molecule has 1 aromatic rings. The molecule has 8 nitrogen and oxygen atoms in total. The molecule has 36 heavy (non-hydrogen) atoms. The Bertz CT molecular complexity index is 944. The van der Waals surface area contributed by atoms with Crippen molar-refractivity contribution < 1.29 is 19.2 Å². The predicted octanol–water partition coefficient (Wildman–Crippen LogP) is 3.29. The van der Waals surface area contributed by atoms with Gasteiger partial charge in [-0.05, 0) is 61.8 Å². The smallest absolute Gasteiger partial charge is 0.251 e. The van der Waals surface area contributed by atoms with Gasteiger partial charge in [0.1, 0.15) is 0 Å². The maximum absolute atomic E-state index is 13.1. The topological polar surface area (TPSA) is 98.8 Å². The third-order valence-corrected chi connectivity index (χ3v) is 8.71. The number of rotatable bonds is 6. The Morgan fingerprint density at radius 1 is 0.611 bits per heavy atom. The van der Waals surface area contributed by atoms with Gasteiger partial charge in [0, 0.05) is 12.1 Å². The van der Waals surface area contributed by atoms with Crippen molar-refractivity contribution in [2.45, 2.75) is 102 Å². The number of hydrogen-bond donors (Lipinski definition) is 2. The van der Waals surface area contributed by atoms with Crippen LogP contribution >= 0.6 is 0 Å². The number of imide groups is 2. The average Bonchev–Trinajstić information content (AvgIpc) is 3.30. The van der Waals surface area contributed by atoms with E-state index < -0.39 is 12.1 Å². The van der Waals surface area contributed by atoms with Gasteiger partial charge in [-0.25, -0.2) is 9.80 Å². The Morgan fingerprint density at radius 2 is 0.972 bits per heavy atom. The summed E-state index contributed by atoms with van der Waals surface area (Å²) in [7, 11) is 0. The van der Waals surface area contributed by atoms with Crippen LogP contribution in [0, 0.1) is 11.8 Å². The monoisotopic (exact) mass is 494 g/mol. The zero-order chi connectivity index (χ0) is 25.4. The molecular weight excluding hydrogens is 456 g/mol. The normalized spacial score (nSPS) is 33.6. The number of carbonyl (C=O) groups excluding carboxylic acids is 4. The SMILES string of the molecule is C[C@@H]1CCCC[C@@H]1N[C@@H]1CC(=O)N(c2ccc(N3C(=O)C[C@H](N[C@H]4CCCC[C@@H]4C)C3=O)cc2)C1=O. The second kappa shape index (κ2) is 10.4. The van der Waals surface area contributed by atoms with Crippen molar-refractivity contribution in [1.82, 2.24) is 10.6 Å². The lowest BCUT2D eigenvalue weighted by Gasteiger charge is -2.31. The standard InChI is InChI=1S/C28H38N4O4/c1-17-7-3-5-9-21(17)29-23-15-25(33)31(27(23)35)19-11-13-20(14-12-19)32-26(34)16-24(28(32)36)30-22-10-6-4-8-18(22)2/h11-14,17-18,21-24,29-30H,3-10,15-16H2,1-2H3/t17-,18+,21-,22-,23-,24+/m0/s1. The van der Waals surface area contributed by atoms with Gasteiger partial charge in [-0.1, -0.05) is 39.5 Å². The molecule has 8 heteroatoms. The van der Waals surface area contributed by atoms with E-state index in [4.69, 9.17) is 0 Å². The zero-order valence-electron chi connectivity index (χ0n) is 21.4. The third kappa shape index (κ3) is 4.85. The molecule has 4 amide bonds. The first-order chi connectivity index (χ1) is 17.3. The van der Waals surface area contributed by atoms with Crippen LogP contribution in [0.5, 0.6) is 0 Å². The van der Waals surface area contributed by atoms with E-state index in [0.29, 0.717) is 23.2 Å². The van der Waals surface area contributed by atoms with Crippen molar-refractivity contribution >= 4 is 35.0 Å². The lowest BCUT2D eigenvalue weighted by Crippen LogP contribution is -2.47. The van der Waals surface area contributed by atoms with Gasteiger partial charge in [-0.3, -0.25) is 19.2 Å². The lowest BCUT2D eigenvalue weighted by atomic mass is 9.85. The molecule has 5 rings (SSSR count). The van der Waals surface area contributed by atoms with Crippen LogP contribution in [0.4, 0.5) is 11.4 Å². The number of nitrogens with zero attached hydrogens (tertiary/aromatic N) is 2. The Morgan fingerprint density at radius 3 is 1.33 bits per heavy atom. The molecule has 194 valence electrons. The molecule has 2 aliphatic carbocycles. The van der Waals surface area contributed by atoms with Crippen molar-refractivity contribution in [2.75, 3.05) is 9.80 Å². The summed E-state index contributed by atoms with van der Waals surface area (Å²) in [5, 5.41) is 6.88. The van der Waals surface area contributed by atoms with Gasteiger partial charge in [-0.15, -0.1) is 0 Å². The van der Waals surface area contributed by atoms with E-state index in [2.05, 4.69) is 24.5 Å². The first-order valence-electron chi connectivity index (χ1n) is 13.7. The van der Waals surface area contributed by atoms with Gasteiger partial charge in [0.2, 0.25) is 11.8 Å². The summed E-state index contributed by atoms with van der Waals surface area (Å²) in [6.45, 7) is 4.40. The Kier molecular flexibility index (Phi) is 7.26. The molecule has 2 saturated carbocycles. The second-order valence-corrected chi connectivity index (χ2v) is 11.2. The number of anilines is 2. The predicted molar refractivity (Wildman–Crippen MR) is 137 cm³/mol. The van der Waals surface area contributed by atoms with Crippen LogP contribution in [0.15, 0.2) is 24.3 Å². The van der Waals surface area contributed by atoms with Gasteiger partial charge >= 0.3 is 0 Å². The summed E-state index contributed by atoms with van der Waals surface area (Å²) in [4.78, 5) is 54.2. The van der Waals surface area contributed by atoms with E-state index in [9.17, 15) is 19.2 Å². The van der Waals surface area contributed by atoms with E-state index in [1.165, 1.54) is 22.6 Å². The van der Waals surface area contributed by atoms with E-state index in [1.807, 2.05) is 0 Å². The highest BCUT2D eigenvalue weighted by Gasteiger charge is 2.43. The first kappa shape index (κ1) is 25.1. The minimum atomic E-state index is -0.501. The Labute approximate surface area is 213 Å². The highest BCUT2D eigenvalue weighted by Crippen LogP contribution is 2.31. The van der Waals surface area contributed by atoms with Crippen molar-refractivity contribution in [3.63, 3.8) is 0 Å². The summed E-state index contributed by atoms with van der Waals surface area (Å²) >= 11 is 0. The molecule has 6 atom stereocenters. The minimum absolute atomic E-state index is 0.153. The fraction of sp³-hybridized carbons (Fsp3) is 0.643. The minimum Gasteiger partial charge on any atom is -0.302 e. The fourth-order valence-corrected chi connectivity index (χ4v) is 6.46. The summed E-state index contributed by atoms with van der Waals surface area (Å²) in [5.74, 6) is 0.0607. The van der Waals surface area contributed by atoms with Crippen LogP contribution in [0.1, 0.15) is 78.1 Å². The molecule has 0 spiro atoms. The molecule has 0 radical (unpaired) electrons. The first-order valence-corrected chi connectivity index (χ1v) is 13.7. The van der Waals surface area contributed by atoms with Crippen LogP contribution in [0.2, 0.25) is 0 Å². The number of nitrogens with one attached hydrogen (secondary N) is 2. The highest BCUT2D eigenvalue weighted by molar-refractivity contribution is 6.24. The lowest BCUT2D eigenvalue weighted by molar-refractivity contribution is -0.123. The van der Waals surface area contributed by atoms with E-state index in [-0.39, 0.29) is 48.6 Å². The molecule has 0 unspecified atom stereocenters. The molecule has 2 heterocycles. The van der Waals surface area contributed by atoms with Gasteiger partial charge in [0.05, 0.1) is 36.3 Å². The molecular formula is C28H38N4O4. The quantitative estimate of drug-likeness (QED) is 0.589. The molecule has 1 aromatic carbocycles. The third-order valence-electron chi connectivity index (χ3n) is 8.71. The summed E-state index contributed by atoms with van der Waals surface area (Å²) in [6.07, 6.45) is 9.37. The van der Waals surface area contributed by atoms with Crippen LogP contribution in [0.3, 0.4) is 0 Å². The van der Waals surface area contributed by atoms with E-state index in [1.54, 1.807) is 24.3 Å². The Hall–Kier alpha value is -2.58. The zero-order valence-corrected chi connectivity index (χ0v) is 21.4. The van der Waals surface area contributed by atoms with Gasteiger partial charge in [-0.2, -0.15) is 0 Å². The summed E-state index contributed by atoms with van der Waals surface area (Å²) in [5.41, 5.74) is 0.944. The molecule has 2 aliphatic heterocycles. The van der Waals surface area contributed by atoms with Gasteiger partial charge in [0.25, 0.3) is 11.8 Å². The number of amides is 4. The van der Waals surface area contributed by atoms with Crippen molar-refractivity contribution in [1.29, 1.82) is 0 Å². The van der Waals surface area contributed by atoms with Crippen LogP contribution in [0.25, 0.3) is 0 Å². The van der Waals surface area contributed by atoms with Gasteiger partial charge < -0.3 is 10.6 Å². The van der Waals surface area contributed by atoms with Gasteiger partial charge in [0.15, 0.2) is 0 Å². The van der Waals surface area contributed by atoms with Crippen LogP contribution in [-0.4, -0.2) is 47.8 Å². The molecule has 4 aliphatic rings. The average molecular weight is 495 g/mol. The fourth-order valence-electron chi connectivity index (χ4n) is 6.46. The molecule has 0 bridgehead atoms. The maximum atomic E-state index is 13.1. The molecule has 2 N–H and O–H groups in total. The largest absolute Gasteiger partial charge is 0.302 e. The highest BCUT2D eigenvalue weighted by atomic mass is 16.2. The van der Waals surface area contributed by atoms with Crippen LogP contribution < -0.4 is 20.4 Å². The number of benzene rings is 1. The summed E-state index contributed by atoms with van der Waals surface area (Å²) in [6, 6.07) is 6.13. The molecule has 2 saturated heterocycles. The van der Waals surface area contributed by atoms with Crippen molar-refractivity contribution in [3.8, 4) is 0 Å². The molecule has 0 aromatic heterocycles. The second-order valence-electron chi connectivity index (χ2n) is 11.2. The summed E-state index contributed by atoms with van der Waals surface area (Å²) < 4.78 is 0. The van der Waals surface area contributed by atoms with Crippen molar-refractivity contribution in [3.05, 3.63) is 24.3 Å². The van der Waals surface area contributed by atoms with Crippen LogP contribution in [-0.2, 0) is 19.2 Å². The van der Waals surface area contributed by atoms with E-state index >= 15 is 0 Å². The van der Waals surface area contributed by atoms with E-state index in [0.717, 1.165) is 38.5 Å². The number of carbonyl (C=O) groups is 4. The number of hydrogen-bond acceptors (Lipinski definition) is 6. The Balaban J connectivity index is 1.24. The maximum Gasteiger partial charge on any atom is 0.251 e. The molecule has 4 fully saturated rings.